The van der Waals surface area contributed by atoms with Gasteiger partial charge in [-0.1, -0.05) is 32.0 Å². The molecule has 7 heteroatoms. The molecule has 0 spiro atoms. The summed E-state index contributed by atoms with van der Waals surface area (Å²) in [5.74, 6) is 0.886. The number of benzene rings is 2. The number of para-hydroxylation sites is 1. The molecular weight excluding hydrogens is 348 g/mol. The van der Waals surface area contributed by atoms with E-state index in [9.17, 15) is 9.59 Å². The minimum atomic E-state index is -0.497. The highest BCUT2D eigenvalue weighted by Crippen LogP contribution is 2.25. The smallest absolute Gasteiger partial charge is 0.276 e. The van der Waals surface area contributed by atoms with Gasteiger partial charge in [-0.15, -0.1) is 0 Å². The Bertz CT molecular complexity index is 782. The summed E-state index contributed by atoms with van der Waals surface area (Å²) in [7, 11) is 2.98. The number of methoxy groups -OCH3 is 2. The number of hydrogen-bond donors (Lipinski definition) is 2. The molecule has 7 nitrogen and oxygen atoms in total. The van der Waals surface area contributed by atoms with E-state index in [-0.39, 0.29) is 18.1 Å². The number of hydrazine groups is 1. The van der Waals surface area contributed by atoms with Crippen molar-refractivity contribution in [3.63, 3.8) is 0 Å². The first kappa shape index (κ1) is 20.1. The monoisotopic (exact) mass is 372 g/mol. The third kappa shape index (κ3) is 5.64. The van der Waals surface area contributed by atoms with E-state index >= 15 is 0 Å². The zero-order valence-electron chi connectivity index (χ0n) is 15.9. The highest BCUT2D eigenvalue weighted by molar-refractivity contribution is 5.96. The zero-order chi connectivity index (χ0) is 19.8. The van der Waals surface area contributed by atoms with Gasteiger partial charge in [0.1, 0.15) is 17.2 Å². The number of amides is 2. The molecule has 0 atom stereocenters. The van der Waals surface area contributed by atoms with Crippen molar-refractivity contribution in [2.45, 2.75) is 19.8 Å². The number of carbonyl (C=O) groups excluding carboxylic acids is 2. The van der Waals surface area contributed by atoms with Gasteiger partial charge in [-0.25, -0.2) is 0 Å². The maximum absolute atomic E-state index is 12.2. The molecule has 0 aliphatic carbocycles. The Kier molecular flexibility index (Phi) is 7.05. The Labute approximate surface area is 158 Å². The Morgan fingerprint density at radius 3 is 2.19 bits per heavy atom. The minimum Gasteiger partial charge on any atom is -0.497 e. The average molecular weight is 372 g/mol. The summed E-state index contributed by atoms with van der Waals surface area (Å²) >= 11 is 0. The molecule has 2 aromatic carbocycles. The van der Waals surface area contributed by atoms with Crippen molar-refractivity contribution in [2.24, 2.45) is 0 Å². The van der Waals surface area contributed by atoms with Gasteiger partial charge < -0.3 is 14.2 Å². The number of carbonyl (C=O) groups is 2. The van der Waals surface area contributed by atoms with Gasteiger partial charge in [-0.05, 0) is 29.7 Å². The lowest BCUT2D eigenvalue weighted by molar-refractivity contribution is -0.123. The fraction of sp³-hybridized carbons (Fsp3) is 0.300. The van der Waals surface area contributed by atoms with E-state index in [2.05, 4.69) is 10.9 Å². The Morgan fingerprint density at radius 2 is 1.59 bits per heavy atom. The van der Waals surface area contributed by atoms with Crippen molar-refractivity contribution in [2.75, 3.05) is 20.8 Å². The molecule has 0 aliphatic heterocycles. The second kappa shape index (κ2) is 9.47. The lowest BCUT2D eigenvalue weighted by Crippen LogP contribution is -2.43. The quantitative estimate of drug-likeness (QED) is 0.730. The first-order chi connectivity index (χ1) is 12.9. The van der Waals surface area contributed by atoms with Crippen molar-refractivity contribution in [3.05, 3.63) is 53.6 Å². The van der Waals surface area contributed by atoms with Crippen LogP contribution in [0, 0.1) is 0 Å². The van der Waals surface area contributed by atoms with E-state index < -0.39 is 11.8 Å². The molecule has 0 radical (unpaired) electrons. The van der Waals surface area contributed by atoms with Gasteiger partial charge in [-0.3, -0.25) is 20.4 Å². The van der Waals surface area contributed by atoms with E-state index in [0.717, 1.165) is 5.56 Å². The Balaban J connectivity index is 1.91. The van der Waals surface area contributed by atoms with Crippen LogP contribution >= 0.6 is 0 Å². The summed E-state index contributed by atoms with van der Waals surface area (Å²) < 4.78 is 15.8. The van der Waals surface area contributed by atoms with E-state index in [4.69, 9.17) is 14.2 Å². The average Bonchev–Trinajstić information content (AvgIpc) is 2.69. The van der Waals surface area contributed by atoms with Crippen LogP contribution in [-0.2, 0) is 4.79 Å². The highest BCUT2D eigenvalue weighted by Gasteiger charge is 2.12. The van der Waals surface area contributed by atoms with Crippen molar-refractivity contribution >= 4 is 11.8 Å². The maximum Gasteiger partial charge on any atom is 0.276 e. The topological polar surface area (TPSA) is 85.9 Å². The van der Waals surface area contributed by atoms with Gasteiger partial charge in [0.15, 0.2) is 6.61 Å². The molecule has 0 saturated carbocycles. The molecule has 0 saturated heterocycles. The number of rotatable bonds is 7. The lowest BCUT2D eigenvalue weighted by atomic mass is 10.0. The molecule has 2 amide bonds. The fourth-order valence-corrected chi connectivity index (χ4v) is 2.41. The molecule has 0 fully saturated rings. The van der Waals surface area contributed by atoms with E-state index in [1.165, 1.54) is 14.2 Å². The predicted octanol–water partition coefficient (Wildman–Crippen LogP) is 2.67. The molecular formula is C20H24N2O5. The largest absolute Gasteiger partial charge is 0.497 e. The summed E-state index contributed by atoms with van der Waals surface area (Å²) in [4.78, 5) is 24.2. The summed E-state index contributed by atoms with van der Waals surface area (Å²) in [5, 5.41) is 0. The number of nitrogens with one attached hydrogen (secondary N) is 2. The molecule has 0 heterocycles. The fourth-order valence-electron chi connectivity index (χ4n) is 2.41. The molecule has 0 unspecified atom stereocenters. The Morgan fingerprint density at radius 1 is 0.963 bits per heavy atom. The molecule has 2 N–H and O–H groups in total. The first-order valence-electron chi connectivity index (χ1n) is 8.48. The summed E-state index contributed by atoms with van der Waals surface area (Å²) in [5.41, 5.74) is 5.98. The van der Waals surface area contributed by atoms with E-state index in [1.807, 2.05) is 38.1 Å². The van der Waals surface area contributed by atoms with Crippen LogP contribution in [0.25, 0.3) is 0 Å². The standard InChI is InChI=1S/C20H24N2O5/c1-13(2)17-7-5-6-8-18(17)27-12-19(23)21-22-20(24)14-9-15(25-3)11-16(10-14)26-4/h5-11,13H,12H2,1-4H3,(H,21,23)(H,22,24). The van der Waals surface area contributed by atoms with E-state index in [1.54, 1.807) is 18.2 Å². The number of ether oxygens (including phenoxy) is 3. The third-order valence-corrected chi connectivity index (χ3v) is 3.83. The Hall–Kier alpha value is -3.22. The lowest BCUT2D eigenvalue weighted by Gasteiger charge is -2.14. The van der Waals surface area contributed by atoms with Crippen LogP contribution in [0.1, 0.15) is 35.7 Å². The summed E-state index contributed by atoms with van der Waals surface area (Å²) in [6.45, 7) is 3.88. The van der Waals surface area contributed by atoms with Gasteiger partial charge in [0.25, 0.3) is 11.8 Å². The van der Waals surface area contributed by atoms with Crippen LogP contribution in [0.2, 0.25) is 0 Å². The number of hydrogen-bond acceptors (Lipinski definition) is 5. The molecule has 2 rings (SSSR count). The van der Waals surface area contributed by atoms with Crippen LogP contribution in [0.4, 0.5) is 0 Å². The molecule has 0 bridgehead atoms. The van der Waals surface area contributed by atoms with Crippen molar-refractivity contribution in [1.82, 2.24) is 10.9 Å². The van der Waals surface area contributed by atoms with Gasteiger partial charge in [-0.2, -0.15) is 0 Å². The van der Waals surface area contributed by atoms with Crippen LogP contribution < -0.4 is 25.1 Å². The van der Waals surface area contributed by atoms with Gasteiger partial charge in [0.05, 0.1) is 14.2 Å². The normalized spacial score (nSPS) is 10.3. The first-order valence-corrected chi connectivity index (χ1v) is 8.48. The van der Waals surface area contributed by atoms with Crippen molar-refractivity contribution in [1.29, 1.82) is 0 Å². The molecule has 144 valence electrons. The summed E-state index contributed by atoms with van der Waals surface area (Å²) in [6.07, 6.45) is 0. The third-order valence-electron chi connectivity index (χ3n) is 3.83. The summed E-state index contributed by atoms with van der Waals surface area (Å²) in [6, 6.07) is 12.3. The minimum absolute atomic E-state index is 0.217. The zero-order valence-corrected chi connectivity index (χ0v) is 15.9. The maximum atomic E-state index is 12.2. The van der Waals surface area contributed by atoms with Crippen LogP contribution in [0.15, 0.2) is 42.5 Å². The highest BCUT2D eigenvalue weighted by atomic mass is 16.5. The van der Waals surface area contributed by atoms with Crippen LogP contribution in [0.5, 0.6) is 17.2 Å². The van der Waals surface area contributed by atoms with Gasteiger partial charge in [0, 0.05) is 11.6 Å². The van der Waals surface area contributed by atoms with Crippen LogP contribution in [-0.4, -0.2) is 32.6 Å². The molecule has 2 aromatic rings. The molecule has 0 aromatic heterocycles. The molecule has 0 aliphatic rings. The SMILES string of the molecule is COc1cc(OC)cc(C(=O)NNC(=O)COc2ccccc2C(C)C)c1. The molecule has 27 heavy (non-hydrogen) atoms. The second-order valence-electron chi connectivity index (χ2n) is 6.08. The second-order valence-corrected chi connectivity index (χ2v) is 6.08. The van der Waals surface area contributed by atoms with Crippen molar-refractivity contribution in [3.8, 4) is 17.2 Å². The van der Waals surface area contributed by atoms with Gasteiger partial charge in [0.2, 0.25) is 0 Å². The van der Waals surface area contributed by atoms with Crippen molar-refractivity contribution < 1.29 is 23.8 Å². The van der Waals surface area contributed by atoms with E-state index in [0.29, 0.717) is 17.2 Å². The predicted molar refractivity (Wildman–Crippen MR) is 101 cm³/mol. The van der Waals surface area contributed by atoms with Crippen LogP contribution in [0.3, 0.4) is 0 Å². The van der Waals surface area contributed by atoms with Gasteiger partial charge >= 0.3 is 0 Å².